The smallest absolute Gasteiger partial charge is 0.400 e. The van der Waals surface area contributed by atoms with Gasteiger partial charge in [-0.25, -0.2) is 9.97 Å². The minimum Gasteiger partial charge on any atom is -0.400 e. The lowest BCUT2D eigenvalue weighted by Gasteiger charge is -2.32. The Balaban J connectivity index is 1.79. The number of hydrogen-bond acceptors (Lipinski definition) is 4. The number of aromatic nitrogens is 2. The van der Waals surface area contributed by atoms with Gasteiger partial charge in [0.2, 0.25) is 0 Å². The predicted octanol–water partition coefficient (Wildman–Crippen LogP) is 3.27. The van der Waals surface area contributed by atoms with E-state index in [-0.39, 0.29) is 18.3 Å². The van der Waals surface area contributed by atoms with Gasteiger partial charge in [0.05, 0.1) is 11.2 Å². The SMILES string of the molecule is CC1(C)OB(/C=C/c2cnc3ncccc3c2)OC1(C)C. The summed E-state index contributed by atoms with van der Waals surface area (Å²) in [5.74, 6) is 1.93. The lowest BCUT2D eigenvalue weighted by atomic mass is 9.89. The Kier molecular flexibility index (Phi) is 3.34. The van der Waals surface area contributed by atoms with Crippen molar-refractivity contribution in [2.75, 3.05) is 0 Å². The number of rotatable bonds is 2. The molecule has 0 bridgehead atoms. The molecule has 108 valence electrons. The summed E-state index contributed by atoms with van der Waals surface area (Å²) in [7, 11) is -0.334. The Bertz CT molecular complexity index is 681. The zero-order chi connectivity index (χ0) is 15.1. The van der Waals surface area contributed by atoms with Crippen LogP contribution in [-0.4, -0.2) is 28.3 Å². The second kappa shape index (κ2) is 4.93. The minimum absolute atomic E-state index is 0.312. The molecule has 0 atom stereocenters. The molecule has 1 aliphatic rings. The van der Waals surface area contributed by atoms with E-state index in [0.29, 0.717) is 0 Å². The van der Waals surface area contributed by atoms with Gasteiger partial charge in [0, 0.05) is 17.8 Å². The van der Waals surface area contributed by atoms with Crippen LogP contribution in [0.5, 0.6) is 0 Å². The van der Waals surface area contributed by atoms with Gasteiger partial charge in [-0.1, -0.05) is 12.1 Å². The van der Waals surface area contributed by atoms with Crippen LogP contribution in [0.3, 0.4) is 0 Å². The molecule has 0 spiro atoms. The zero-order valence-corrected chi connectivity index (χ0v) is 12.8. The molecule has 4 nitrogen and oxygen atoms in total. The first kappa shape index (κ1) is 14.2. The maximum Gasteiger partial charge on any atom is 0.487 e. The molecule has 5 heteroatoms. The number of pyridine rings is 2. The number of nitrogens with zero attached hydrogens (tertiary/aromatic N) is 2. The highest BCUT2D eigenvalue weighted by atomic mass is 16.7. The molecule has 2 aromatic rings. The van der Waals surface area contributed by atoms with Gasteiger partial charge < -0.3 is 9.31 Å². The van der Waals surface area contributed by atoms with E-state index in [4.69, 9.17) is 9.31 Å². The van der Waals surface area contributed by atoms with Crippen LogP contribution in [0, 0.1) is 0 Å². The van der Waals surface area contributed by atoms with Crippen molar-refractivity contribution in [1.82, 2.24) is 9.97 Å². The van der Waals surface area contributed by atoms with E-state index in [1.165, 1.54) is 0 Å². The highest BCUT2D eigenvalue weighted by Gasteiger charge is 2.49. The van der Waals surface area contributed by atoms with Crippen LogP contribution in [0.15, 0.2) is 36.6 Å². The maximum absolute atomic E-state index is 5.93. The van der Waals surface area contributed by atoms with Crippen molar-refractivity contribution in [3.63, 3.8) is 0 Å². The fraction of sp³-hybridized carbons (Fsp3) is 0.375. The third kappa shape index (κ3) is 2.71. The van der Waals surface area contributed by atoms with Crippen molar-refractivity contribution in [2.45, 2.75) is 38.9 Å². The summed E-state index contributed by atoms with van der Waals surface area (Å²) < 4.78 is 11.9. The summed E-state index contributed by atoms with van der Waals surface area (Å²) in [6, 6.07) is 5.96. The molecule has 1 saturated heterocycles. The van der Waals surface area contributed by atoms with Gasteiger partial charge in [-0.2, -0.15) is 0 Å². The molecule has 0 aliphatic carbocycles. The van der Waals surface area contributed by atoms with Crippen molar-refractivity contribution >= 4 is 24.2 Å². The molecule has 0 saturated carbocycles. The van der Waals surface area contributed by atoms with Crippen LogP contribution >= 0.6 is 0 Å². The van der Waals surface area contributed by atoms with E-state index in [2.05, 4.69) is 16.0 Å². The molecular formula is C16H19BN2O2. The highest BCUT2D eigenvalue weighted by molar-refractivity contribution is 6.52. The van der Waals surface area contributed by atoms with Crippen molar-refractivity contribution in [1.29, 1.82) is 0 Å². The Hall–Kier alpha value is -1.72. The lowest BCUT2D eigenvalue weighted by molar-refractivity contribution is 0.00578. The first-order valence-electron chi connectivity index (χ1n) is 7.12. The summed E-state index contributed by atoms with van der Waals surface area (Å²) in [6.45, 7) is 8.18. The average molecular weight is 282 g/mol. The Morgan fingerprint density at radius 1 is 1.10 bits per heavy atom. The molecule has 0 N–H and O–H groups in total. The second-order valence-electron chi connectivity index (χ2n) is 6.30. The van der Waals surface area contributed by atoms with E-state index in [0.717, 1.165) is 16.6 Å². The van der Waals surface area contributed by atoms with Crippen molar-refractivity contribution in [3.05, 3.63) is 42.1 Å². The standard InChI is InChI=1S/C16H19BN2O2/c1-15(2)16(3,4)21-17(20-15)8-7-12-10-13-6-5-9-18-14(13)19-11-12/h5-11H,1-4H3/b8-7+. The molecule has 3 rings (SSSR count). The van der Waals surface area contributed by atoms with E-state index in [1.807, 2.05) is 51.9 Å². The molecule has 2 aromatic heterocycles. The first-order chi connectivity index (χ1) is 9.87. The number of fused-ring (bicyclic) bond motifs is 1. The van der Waals surface area contributed by atoms with Crippen molar-refractivity contribution in [2.24, 2.45) is 0 Å². The van der Waals surface area contributed by atoms with E-state index in [1.54, 1.807) is 12.4 Å². The van der Waals surface area contributed by atoms with Gasteiger partial charge in [-0.3, -0.25) is 0 Å². The molecular weight excluding hydrogens is 263 g/mol. The van der Waals surface area contributed by atoms with Gasteiger partial charge in [-0.15, -0.1) is 0 Å². The first-order valence-corrected chi connectivity index (χ1v) is 7.12. The molecule has 21 heavy (non-hydrogen) atoms. The predicted molar refractivity (Wildman–Crippen MR) is 84.7 cm³/mol. The van der Waals surface area contributed by atoms with Gasteiger partial charge in [0.1, 0.15) is 0 Å². The Labute approximate surface area is 125 Å². The maximum atomic E-state index is 5.93. The summed E-state index contributed by atoms with van der Waals surface area (Å²) in [5.41, 5.74) is 1.14. The fourth-order valence-corrected chi connectivity index (χ4v) is 2.23. The van der Waals surface area contributed by atoms with E-state index >= 15 is 0 Å². The fourth-order valence-electron chi connectivity index (χ4n) is 2.23. The quantitative estimate of drug-likeness (QED) is 0.793. The largest absolute Gasteiger partial charge is 0.487 e. The minimum atomic E-state index is -0.334. The molecule has 0 radical (unpaired) electrons. The second-order valence-corrected chi connectivity index (χ2v) is 6.30. The Morgan fingerprint density at radius 3 is 2.52 bits per heavy atom. The average Bonchev–Trinajstić information content (AvgIpc) is 2.64. The molecule has 1 aliphatic heterocycles. The summed E-state index contributed by atoms with van der Waals surface area (Å²) >= 11 is 0. The monoisotopic (exact) mass is 282 g/mol. The summed E-state index contributed by atoms with van der Waals surface area (Å²) in [6.07, 6.45) is 5.52. The lowest BCUT2D eigenvalue weighted by Crippen LogP contribution is -2.41. The van der Waals surface area contributed by atoms with Crippen LogP contribution in [0.1, 0.15) is 33.3 Å². The Morgan fingerprint density at radius 2 is 1.81 bits per heavy atom. The van der Waals surface area contributed by atoms with Gasteiger partial charge >= 0.3 is 7.12 Å². The summed E-state index contributed by atoms with van der Waals surface area (Å²) in [5, 5.41) is 1.02. The van der Waals surface area contributed by atoms with E-state index < -0.39 is 0 Å². The molecule has 0 aromatic carbocycles. The van der Waals surface area contributed by atoms with Gasteiger partial charge in [0.25, 0.3) is 0 Å². The third-order valence-corrected chi connectivity index (χ3v) is 4.19. The molecule has 0 amide bonds. The van der Waals surface area contributed by atoms with Crippen LogP contribution in [0.25, 0.3) is 17.1 Å². The molecule has 0 unspecified atom stereocenters. The van der Waals surface area contributed by atoms with Crippen LogP contribution < -0.4 is 0 Å². The number of hydrogen-bond donors (Lipinski definition) is 0. The van der Waals surface area contributed by atoms with Gasteiger partial charge in [0.15, 0.2) is 5.65 Å². The van der Waals surface area contributed by atoms with Gasteiger partial charge in [-0.05, 0) is 51.5 Å². The van der Waals surface area contributed by atoms with Crippen LogP contribution in [0.2, 0.25) is 0 Å². The normalized spacial score (nSPS) is 20.5. The van der Waals surface area contributed by atoms with Crippen LogP contribution in [0.4, 0.5) is 0 Å². The van der Waals surface area contributed by atoms with Crippen LogP contribution in [-0.2, 0) is 9.31 Å². The summed E-state index contributed by atoms with van der Waals surface area (Å²) in [4.78, 5) is 8.55. The topological polar surface area (TPSA) is 44.2 Å². The van der Waals surface area contributed by atoms with Crippen molar-refractivity contribution < 1.29 is 9.31 Å². The molecule has 1 fully saturated rings. The van der Waals surface area contributed by atoms with E-state index in [9.17, 15) is 0 Å². The molecule has 3 heterocycles. The third-order valence-electron chi connectivity index (χ3n) is 4.19. The highest BCUT2D eigenvalue weighted by Crippen LogP contribution is 2.37. The van der Waals surface area contributed by atoms with Crippen molar-refractivity contribution in [3.8, 4) is 0 Å². The zero-order valence-electron chi connectivity index (χ0n) is 12.8.